The molecular formula is C29H46N4O. The van der Waals surface area contributed by atoms with Crippen LogP contribution in [0.15, 0.2) is 42.5 Å². The van der Waals surface area contributed by atoms with Gasteiger partial charge in [-0.25, -0.2) is 9.97 Å². The molecule has 0 fully saturated rings. The van der Waals surface area contributed by atoms with Crippen LogP contribution in [-0.4, -0.2) is 49.2 Å². The van der Waals surface area contributed by atoms with E-state index in [2.05, 4.69) is 49.4 Å². The van der Waals surface area contributed by atoms with Crippen molar-refractivity contribution in [3.8, 4) is 5.75 Å². The lowest BCUT2D eigenvalue weighted by molar-refractivity contribution is 0.405. The molecule has 0 amide bonds. The van der Waals surface area contributed by atoms with Gasteiger partial charge in [0.2, 0.25) is 0 Å². The topological polar surface area (TPSA) is 50.3 Å². The van der Waals surface area contributed by atoms with Crippen molar-refractivity contribution in [2.45, 2.75) is 54.9 Å². The van der Waals surface area contributed by atoms with Gasteiger partial charge >= 0.3 is 0 Å². The summed E-state index contributed by atoms with van der Waals surface area (Å²) >= 11 is 0. The Balaban J connectivity index is 0.00000168. The van der Waals surface area contributed by atoms with E-state index in [4.69, 9.17) is 14.7 Å². The first-order valence-electron chi connectivity index (χ1n) is 12.5. The van der Waals surface area contributed by atoms with E-state index in [1.165, 1.54) is 5.56 Å². The number of rotatable bonds is 8. The average Bonchev–Trinajstić information content (AvgIpc) is 2.88. The predicted molar refractivity (Wildman–Crippen MR) is 152 cm³/mol. The number of benzene rings is 2. The van der Waals surface area contributed by atoms with Crippen LogP contribution in [0.3, 0.4) is 0 Å². The first-order chi connectivity index (χ1) is 16.5. The van der Waals surface area contributed by atoms with Crippen LogP contribution in [0.1, 0.15) is 64.9 Å². The van der Waals surface area contributed by atoms with Crippen LogP contribution in [0.2, 0.25) is 0 Å². The van der Waals surface area contributed by atoms with Gasteiger partial charge in [-0.15, -0.1) is 0 Å². The third-order valence-corrected chi connectivity index (χ3v) is 4.48. The Morgan fingerprint density at radius 1 is 0.882 bits per heavy atom. The molecule has 3 aromatic rings. The maximum Gasteiger partial charge on any atom is 0.154 e. The first kappa shape index (κ1) is 31.1. The second-order valence-corrected chi connectivity index (χ2v) is 7.14. The number of aromatic nitrogens is 2. The Kier molecular flexibility index (Phi) is 16.9. The van der Waals surface area contributed by atoms with Crippen LogP contribution >= 0.6 is 0 Å². The summed E-state index contributed by atoms with van der Waals surface area (Å²) in [6, 6.07) is 14.2. The molecule has 0 saturated heterocycles. The Bertz CT molecular complexity index is 950. The van der Waals surface area contributed by atoms with Gasteiger partial charge < -0.3 is 15.0 Å². The number of nitrogens with one attached hydrogen (secondary N) is 1. The number of hydrogen-bond donors (Lipinski definition) is 1. The molecule has 0 bridgehead atoms. The number of fused-ring (bicyclic) bond motifs is 1. The lowest BCUT2D eigenvalue weighted by atomic mass is 10.1. The van der Waals surface area contributed by atoms with Crippen molar-refractivity contribution in [2.24, 2.45) is 0 Å². The molecule has 0 spiro atoms. The molecule has 1 heterocycles. The van der Waals surface area contributed by atoms with Crippen LogP contribution in [0.4, 0.5) is 5.82 Å². The quantitative estimate of drug-likeness (QED) is 0.347. The van der Waals surface area contributed by atoms with Gasteiger partial charge in [0, 0.05) is 11.9 Å². The molecule has 1 aromatic heterocycles. The van der Waals surface area contributed by atoms with Crippen molar-refractivity contribution in [3.05, 3.63) is 59.4 Å². The minimum atomic E-state index is 0.698. The van der Waals surface area contributed by atoms with Gasteiger partial charge in [-0.1, -0.05) is 65.8 Å². The molecule has 0 saturated carbocycles. The second kappa shape index (κ2) is 18.5. The molecule has 1 N–H and O–H groups in total. The van der Waals surface area contributed by atoms with E-state index in [9.17, 15) is 0 Å². The smallest absolute Gasteiger partial charge is 0.154 e. The van der Waals surface area contributed by atoms with Gasteiger partial charge in [0.05, 0.1) is 12.6 Å². The first-order valence-corrected chi connectivity index (χ1v) is 12.5. The SMILES string of the molecule is CC.CC.CC.COc1ccc(/C=C/c2nc(NCCCN(C)C)c3ccc(C)cc3n2)cc1. The molecular weight excluding hydrogens is 420 g/mol. The Morgan fingerprint density at radius 2 is 1.53 bits per heavy atom. The molecule has 5 nitrogen and oxygen atoms in total. The number of anilines is 1. The Hall–Kier alpha value is -2.92. The van der Waals surface area contributed by atoms with Gasteiger partial charge in [0.15, 0.2) is 5.82 Å². The highest BCUT2D eigenvalue weighted by atomic mass is 16.5. The summed E-state index contributed by atoms with van der Waals surface area (Å²) in [5.74, 6) is 2.43. The van der Waals surface area contributed by atoms with Gasteiger partial charge in [-0.2, -0.15) is 0 Å². The van der Waals surface area contributed by atoms with E-state index in [-0.39, 0.29) is 0 Å². The van der Waals surface area contributed by atoms with Crippen LogP contribution < -0.4 is 10.1 Å². The summed E-state index contributed by atoms with van der Waals surface area (Å²) in [5.41, 5.74) is 3.23. The van der Waals surface area contributed by atoms with Crippen LogP contribution in [0, 0.1) is 6.92 Å². The molecule has 5 heteroatoms. The number of nitrogens with zero attached hydrogens (tertiary/aromatic N) is 3. The highest BCUT2D eigenvalue weighted by Crippen LogP contribution is 2.22. The number of aryl methyl sites for hydroxylation is 1. The van der Waals surface area contributed by atoms with Crippen LogP contribution in [0.5, 0.6) is 5.75 Å². The lowest BCUT2D eigenvalue weighted by Crippen LogP contribution is -2.17. The van der Waals surface area contributed by atoms with Gasteiger partial charge in [-0.05, 0) is 75.5 Å². The molecule has 188 valence electrons. The largest absolute Gasteiger partial charge is 0.497 e. The summed E-state index contributed by atoms with van der Waals surface area (Å²) in [7, 11) is 5.85. The van der Waals surface area contributed by atoms with E-state index >= 15 is 0 Å². The van der Waals surface area contributed by atoms with Gasteiger partial charge in [-0.3, -0.25) is 0 Å². The van der Waals surface area contributed by atoms with E-state index in [0.717, 1.165) is 47.5 Å². The standard InChI is InChI=1S/C23H28N4O.3C2H6/c1-17-6-12-20-21(16-17)25-22(26-23(20)24-14-5-15-27(2)3)13-9-18-7-10-19(28-4)11-8-18;3*1-2/h6-13,16H,5,14-15H2,1-4H3,(H,24,25,26);3*1-2H3/b13-9+;;;. The van der Waals surface area contributed by atoms with E-state index in [1.807, 2.05) is 78.0 Å². The van der Waals surface area contributed by atoms with E-state index < -0.39 is 0 Å². The summed E-state index contributed by atoms with van der Waals surface area (Å²) in [6.45, 7) is 16.0. The van der Waals surface area contributed by atoms with Crippen molar-refractivity contribution in [2.75, 3.05) is 39.6 Å². The van der Waals surface area contributed by atoms with Crippen molar-refractivity contribution in [1.82, 2.24) is 14.9 Å². The predicted octanol–water partition coefficient (Wildman–Crippen LogP) is 7.56. The molecule has 0 aliphatic heterocycles. The van der Waals surface area contributed by atoms with Gasteiger partial charge in [0.25, 0.3) is 0 Å². The zero-order valence-electron chi connectivity index (χ0n) is 23.1. The zero-order chi connectivity index (χ0) is 25.9. The fraction of sp³-hybridized carbons (Fsp3) is 0.448. The summed E-state index contributed by atoms with van der Waals surface area (Å²) in [4.78, 5) is 11.7. The number of ether oxygens (including phenoxy) is 1. The highest BCUT2D eigenvalue weighted by Gasteiger charge is 2.07. The highest BCUT2D eigenvalue weighted by molar-refractivity contribution is 5.90. The van der Waals surface area contributed by atoms with Gasteiger partial charge in [0.1, 0.15) is 11.6 Å². The van der Waals surface area contributed by atoms with Crippen LogP contribution in [-0.2, 0) is 0 Å². The summed E-state index contributed by atoms with van der Waals surface area (Å²) in [6.07, 6.45) is 5.03. The van der Waals surface area contributed by atoms with Crippen LogP contribution in [0.25, 0.3) is 23.1 Å². The van der Waals surface area contributed by atoms with Crippen molar-refractivity contribution in [1.29, 1.82) is 0 Å². The Labute approximate surface area is 208 Å². The minimum absolute atomic E-state index is 0.698. The molecule has 0 unspecified atom stereocenters. The normalized spacial score (nSPS) is 9.97. The fourth-order valence-electron chi connectivity index (χ4n) is 2.95. The summed E-state index contributed by atoms with van der Waals surface area (Å²) in [5, 5.41) is 4.54. The monoisotopic (exact) mass is 466 g/mol. The molecule has 0 aliphatic rings. The minimum Gasteiger partial charge on any atom is -0.497 e. The number of methoxy groups -OCH3 is 1. The van der Waals surface area contributed by atoms with Crippen molar-refractivity contribution in [3.63, 3.8) is 0 Å². The lowest BCUT2D eigenvalue weighted by Gasteiger charge is -2.12. The Morgan fingerprint density at radius 3 is 2.12 bits per heavy atom. The summed E-state index contributed by atoms with van der Waals surface area (Å²) < 4.78 is 5.21. The third kappa shape index (κ3) is 10.8. The van der Waals surface area contributed by atoms with E-state index in [1.54, 1.807) is 7.11 Å². The maximum absolute atomic E-state index is 5.21. The number of hydrogen-bond acceptors (Lipinski definition) is 5. The molecule has 0 atom stereocenters. The average molecular weight is 467 g/mol. The molecule has 0 aliphatic carbocycles. The van der Waals surface area contributed by atoms with Crippen molar-refractivity contribution < 1.29 is 4.74 Å². The molecule has 3 rings (SSSR count). The van der Waals surface area contributed by atoms with Crippen molar-refractivity contribution >= 4 is 28.9 Å². The maximum atomic E-state index is 5.21. The third-order valence-electron chi connectivity index (χ3n) is 4.48. The zero-order valence-corrected chi connectivity index (χ0v) is 23.1. The molecule has 0 radical (unpaired) electrons. The molecule has 2 aromatic carbocycles. The van der Waals surface area contributed by atoms with E-state index in [0.29, 0.717) is 5.82 Å². The second-order valence-electron chi connectivity index (χ2n) is 7.14. The molecule has 34 heavy (non-hydrogen) atoms. The fourth-order valence-corrected chi connectivity index (χ4v) is 2.95.